The van der Waals surface area contributed by atoms with Crippen LogP contribution in [-0.4, -0.2) is 35.2 Å². The average molecular weight is 378 g/mol. The number of aryl methyl sites for hydroxylation is 1. The fourth-order valence-electron chi connectivity index (χ4n) is 3.64. The fourth-order valence-corrected chi connectivity index (χ4v) is 3.64. The summed E-state index contributed by atoms with van der Waals surface area (Å²) in [5.41, 5.74) is 3.43. The van der Waals surface area contributed by atoms with Crippen molar-refractivity contribution in [1.82, 2.24) is 15.5 Å². The minimum absolute atomic E-state index is 0.0287. The molecule has 28 heavy (non-hydrogen) atoms. The number of carbonyl (C=O) groups excluding carboxylic acids is 1. The van der Waals surface area contributed by atoms with Gasteiger partial charge >= 0.3 is 0 Å². The van der Waals surface area contributed by atoms with Crippen molar-refractivity contribution in [2.45, 2.75) is 25.8 Å². The first-order valence-corrected chi connectivity index (χ1v) is 9.53. The summed E-state index contributed by atoms with van der Waals surface area (Å²) in [4.78, 5) is 14.8. The van der Waals surface area contributed by atoms with Crippen LogP contribution in [0.4, 0.5) is 10.2 Å². The zero-order chi connectivity index (χ0) is 19.5. The number of rotatable bonds is 4. The fraction of sp³-hybridized carbons (Fsp3) is 0.273. The van der Waals surface area contributed by atoms with Crippen LogP contribution in [0.2, 0.25) is 0 Å². The molecule has 2 heterocycles. The van der Waals surface area contributed by atoms with Crippen LogP contribution >= 0.6 is 0 Å². The Kier molecular flexibility index (Phi) is 5.10. The summed E-state index contributed by atoms with van der Waals surface area (Å²) in [5, 5.41) is 10.6. The van der Waals surface area contributed by atoms with Crippen LogP contribution in [-0.2, 0) is 0 Å². The van der Waals surface area contributed by atoms with Crippen LogP contribution in [0.25, 0.3) is 11.3 Å². The Labute approximate surface area is 163 Å². The highest BCUT2D eigenvalue weighted by Crippen LogP contribution is 2.24. The van der Waals surface area contributed by atoms with E-state index in [1.165, 1.54) is 12.1 Å². The maximum absolute atomic E-state index is 13.1. The van der Waals surface area contributed by atoms with Crippen LogP contribution in [0.5, 0.6) is 0 Å². The molecule has 144 valence electrons. The molecule has 1 aliphatic heterocycles. The summed E-state index contributed by atoms with van der Waals surface area (Å²) in [5.74, 6) is 0.555. The summed E-state index contributed by atoms with van der Waals surface area (Å²) in [6.45, 7) is 3.55. The first-order chi connectivity index (χ1) is 13.6. The molecule has 1 saturated heterocycles. The molecular formula is C22H23FN4O. The lowest BCUT2D eigenvalue weighted by Gasteiger charge is -2.33. The number of hydrogen-bond acceptors (Lipinski definition) is 3. The van der Waals surface area contributed by atoms with Gasteiger partial charge in [0.05, 0.1) is 5.69 Å². The second kappa shape index (κ2) is 7.84. The Morgan fingerprint density at radius 1 is 1.21 bits per heavy atom. The van der Waals surface area contributed by atoms with Gasteiger partial charge in [0, 0.05) is 30.8 Å². The number of H-pyrrole nitrogens is 1. The summed E-state index contributed by atoms with van der Waals surface area (Å²) < 4.78 is 13.1. The first kappa shape index (κ1) is 18.2. The highest BCUT2D eigenvalue weighted by atomic mass is 19.1. The van der Waals surface area contributed by atoms with Gasteiger partial charge in [0.1, 0.15) is 5.82 Å². The third-order valence-electron chi connectivity index (χ3n) is 5.19. The van der Waals surface area contributed by atoms with Crippen molar-refractivity contribution in [3.8, 4) is 11.3 Å². The van der Waals surface area contributed by atoms with Crippen molar-refractivity contribution in [2.24, 2.45) is 0 Å². The standard InChI is InChI=1S/C22H23FN4O/c1-15-5-2-3-7-19(15)22(28)24-18-6-4-12-27(14-18)21-13-20(25-26-21)16-8-10-17(23)11-9-16/h2-3,5,7-11,13,18H,4,6,12,14H2,1H3,(H,24,28)(H,25,26)/t18-/m1/s1. The van der Waals surface area contributed by atoms with Gasteiger partial charge in [-0.2, -0.15) is 5.10 Å². The summed E-state index contributed by atoms with van der Waals surface area (Å²) in [6, 6.07) is 16.0. The van der Waals surface area contributed by atoms with E-state index < -0.39 is 0 Å². The lowest BCUT2D eigenvalue weighted by Crippen LogP contribution is -2.48. The quantitative estimate of drug-likeness (QED) is 0.723. The summed E-state index contributed by atoms with van der Waals surface area (Å²) >= 11 is 0. The van der Waals surface area contributed by atoms with Crippen LogP contribution < -0.4 is 10.2 Å². The van der Waals surface area contributed by atoms with E-state index in [-0.39, 0.29) is 17.8 Å². The number of nitrogens with one attached hydrogen (secondary N) is 2. The minimum atomic E-state index is -0.258. The minimum Gasteiger partial charge on any atom is -0.353 e. The Morgan fingerprint density at radius 3 is 2.79 bits per heavy atom. The van der Waals surface area contributed by atoms with Gasteiger partial charge in [0.25, 0.3) is 5.91 Å². The molecule has 1 fully saturated rings. The zero-order valence-corrected chi connectivity index (χ0v) is 15.8. The van der Waals surface area contributed by atoms with E-state index in [9.17, 15) is 9.18 Å². The molecule has 1 aliphatic rings. The Morgan fingerprint density at radius 2 is 2.00 bits per heavy atom. The zero-order valence-electron chi connectivity index (χ0n) is 15.8. The molecule has 6 heteroatoms. The van der Waals surface area contributed by atoms with Crippen molar-refractivity contribution in [2.75, 3.05) is 18.0 Å². The Bertz CT molecular complexity index is 967. The van der Waals surface area contributed by atoms with Gasteiger partial charge in [-0.25, -0.2) is 4.39 Å². The number of aromatic nitrogens is 2. The van der Waals surface area contributed by atoms with Crippen LogP contribution in [0.3, 0.4) is 0 Å². The van der Waals surface area contributed by atoms with E-state index in [1.54, 1.807) is 12.1 Å². The molecule has 0 unspecified atom stereocenters. The number of anilines is 1. The topological polar surface area (TPSA) is 61.0 Å². The molecule has 5 nitrogen and oxygen atoms in total. The van der Waals surface area contributed by atoms with Crippen LogP contribution in [0, 0.1) is 12.7 Å². The second-order valence-electron chi connectivity index (χ2n) is 7.22. The number of amides is 1. The van der Waals surface area contributed by atoms with Crippen molar-refractivity contribution >= 4 is 11.7 Å². The van der Waals surface area contributed by atoms with Crippen molar-refractivity contribution in [3.05, 3.63) is 71.5 Å². The van der Waals surface area contributed by atoms with Crippen molar-refractivity contribution in [3.63, 3.8) is 0 Å². The van der Waals surface area contributed by atoms with Crippen molar-refractivity contribution in [1.29, 1.82) is 0 Å². The van der Waals surface area contributed by atoms with Gasteiger partial charge < -0.3 is 10.2 Å². The van der Waals surface area contributed by atoms with E-state index in [0.717, 1.165) is 47.6 Å². The normalized spacial score (nSPS) is 16.8. The van der Waals surface area contributed by atoms with E-state index >= 15 is 0 Å². The number of hydrogen-bond donors (Lipinski definition) is 2. The lowest BCUT2D eigenvalue weighted by atomic mass is 10.0. The molecule has 0 spiro atoms. The lowest BCUT2D eigenvalue weighted by molar-refractivity contribution is 0.0932. The summed E-state index contributed by atoms with van der Waals surface area (Å²) in [7, 11) is 0. The highest BCUT2D eigenvalue weighted by molar-refractivity contribution is 5.95. The molecule has 0 bridgehead atoms. The smallest absolute Gasteiger partial charge is 0.251 e. The molecule has 0 aliphatic carbocycles. The SMILES string of the molecule is Cc1ccccc1C(=O)N[C@@H]1CCCN(c2cc(-c3ccc(F)cc3)[nH]n2)C1. The molecule has 0 radical (unpaired) electrons. The maximum atomic E-state index is 13.1. The third kappa shape index (κ3) is 3.91. The van der Waals surface area contributed by atoms with E-state index in [1.807, 2.05) is 37.3 Å². The molecule has 3 aromatic rings. The third-order valence-corrected chi connectivity index (χ3v) is 5.19. The highest BCUT2D eigenvalue weighted by Gasteiger charge is 2.24. The first-order valence-electron chi connectivity index (χ1n) is 9.53. The number of halogens is 1. The van der Waals surface area contributed by atoms with Crippen LogP contribution in [0.1, 0.15) is 28.8 Å². The van der Waals surface area contributed by atoms with Gasteiger partial charge in [-0.05, 0) is 61.2 Å². The summed E-state index contributed by atoms with van der Waals surface area (Å²) in [6.07, 6.45) is 1.93. The Hall–Kier alpha value is -3.15. The molecule has 1 atom stereocenters. The maximum Gasteiger partial charge on any atom is 0.251 e. The molecule has 4 rings (SSSR count). The number of nitrogens with zero attached hydrogens (tertiary/aromatic N) is 2. The van der Waals surface area contributed by atoms with Gasteiger partial charge in [0.2, 0.25) is 0 Å². The molecular weight excluding hydrogens is 355 g/mol. The van der Waals surface area contributed by atoms with E-state index in [4.69, 9.17) is 0 Å². The van der Waals surface area contributed by atoms with Gasteiger partial charge in [-0.15, -0.1) is 0 Å². The molecule has 2 N–H and O–H groups in total. The van der Waals surface area contributed by atoms with Crippen molar-refractivity contribution < 1.29 is 9.18 Å². The molecule has 2 aromatic carbocycles. The number of aromatic amines is 1. The van der Waals surface area contributed by atoms with Gasteiger partial charge in [-0.1, -0.05) is 18.2 Å². The Balaban J connectivity index is 1.43. The number of carbonyl (C=O) groups is 1. The van der Waals surface area contributed by atoms with Crippen LogP contribution in [0.15, 0.2) is 54.6 Å². The van der Waals surface area contributed by atoms with Gasteiger partial charge in [-0.3, -0.25) is 9.89 Å². The predicted molar refractivity (Wildman–Crippen MR) is 108 cm³/mol. The monoisotopic (exact) mass is 378 g/mol. The van der Waals surface area contributed by atoms with Gasteiger partial charge in [0.15, 0.2) is 5.82 Å². The molecule has 1 amide bonds. The molecule has 0 saturated carbocycles. The average Bonchev–Trinajstić information content (AvgIpc) is 3.19. The number of benzene rings is 2. The van der Waals surface area contributed by atoms with E-state index in [0.29, 0.717) is 6.54 Å². The second-order valence-corrected chi connectivity index (χ2v) is 7.22. The largest absolute Gasteiger partial charge is 0.353 e. The predicted octanol–water partition coefficient (Wildman–Crippen LogP) is 3.92. The number of piperidine rings is 1. The van der Waals surface area contributed by atoms with E-state index in [2.05, 4.69) is 20.4 Å². The molecule has 1 aromatic heterocycles.